The van der Waals surface area contributed by atoms with Crippen LogP contribution in [0.2, 0.25) is 0 Å². The Morgan fingerprint density at radius 2 is 2.12 bits per heavy atom. The van der Waals surface area contributed by atoms with Crippen LogP contribution in [0.4, 0.5) is 16.3 Å². The zero-order valence-electron chi connectivity index (χ0n) is 14.4. The van der Waals surface area contributed by atoms with Crippen molar-refractivity contribution in [1.29, 1.82) is 0 Å². The Morgan fingerprint density at radius 3 is 2.88 bits per heavy atom. The van der Waals surface area contributed by atoms with Gasteiger partial charge in [0.05, 0.1) is 17.5 Å². The van der Waals surface area contributed by atoms with Crippen LogP contribution in [-0.4, -0.2) is 35.3 Å². The smallest absolute Gasteiger partial charge is 0.325 e. The molecule has 25 heavy (non-hydrogen) atoms. The molecule has 3 rings (SSSR count). The number of benzene rings is 1. The minimum absolute atomic E-state index is 0.116. The van der Waals surface area contributed by atoms with Crippen molar-refractivity contribution in [3.05, 3.63) is 41.9 Å². The van der Waals surface area contributed by atoms with E-state index in [1.807, 2.05) is 25.1 Å². The van der Waals surface area contributed by atoms with Gasteiger partial charge in [-0.2, -0.15) is 0 Å². The highest BCUT2D eigenvalue weighted by Gasteiger charge is 2.17. The molecule has 2 N–H and O–H groups in total. The van der Waals surface area contributed by atoms with Crippen LogP contribution in [0.15, 0.2) is 30.6 Å². The van der Waals surface area contributed by atoms with Gasteiger partial charge in [0.25, 0.3) is 0 Å². The van der Waals surface area contributed by atoms with Gasteiger partial charge in [0.15, 0.2) is 5.82 Å². The van der Waals surface area contributed by atoms with Crippen LogP contribution in [0.5, 0.6) is 5.75 Å². The number of hydrogen-bond acceptors (Lipinski definition) is 5. The Balaban J connectivity index is 1.66. The summed E-state index contributed by atoms with van der Waals surface area (Å²) in [6, 6.07) is 5.28. The van der Waals surface area contributed by atoms with Crippen LogP contribution in [0.1, 0.15) is 24.1 Å². The van der Waals surface area contributed by atoms with Gasteiger partial charge in [-0.1, -0.05) is 6.07 Å². The second-order valence-electron chi connectivity index (χ2n) is 6.02. The standard InChI is InChI=1S/C18H22N4O3/c1-12-5-6-16(25-11-14-4-3-9-24-14)15(10-12)21-18(23)22-17-13(2)19-7-8-20-17/h5-8,10,14H,3-4,9,11H2,1-2H3,(H2,20,21,22,23)/t14-/m0/s1. The molecule has 0 radical (unpaired) electrons. The van der Waals surface area contributed by atoms with Gasteiger partial charge in [-0.3, -0.25) is 10.3 Å². The number of carbonyl (C=O) groups excluding carboxylic acids is 1. The number of aromatic nitrogens is 2. The number of hydrogen-bond donors (Lipinski definition) is 2. The van der Waals surface area contributed by atoms with Crippen LogP contribution >= 0.6 is 0 Å². The number of aryl methyl sites for hydroxylation is 2. The van der Waals surface area contributed by atoms with E-state index in [1.54, 1.807) is 13.1 Å². The number of anilines is 2. The Hall–Kier alpha value is -2.67. The zero-order chi connectivity index (χ0) is 17.6. The second-order valence-corrected chi connectivity index (χ2v) is 6.02. The number of carbonyl (C=O) groups is 1. The SMILES string of the molecule is Cc1ccc(OC[C@@H]2CCCO2)c(NC(=O)Nc2nccnc2C)c1. The highest BCUT2D eigenvalue weighted by molar-refractivity contribution is 6.00. The molecule has 0 aliphatic carbocycles. The first-order valence-electron chi connectivity index (χ1n) is 8.32. The number of amides is 2. The summed E-state index contributed by atoms with van der Waals surface area (Å²) < 4.78 is 11.4. The molecule has 1 atom stereocenters. The van der Waals surface area contributed by atoms with Gasteiger partial charge in [0.1, 0.15) is 12.4 Å². The summed E-state index contributed by atoms with van der Waals surface area (Å²) >= 11 is 0. The molecular weight excluding hydrogens is 320 g/mol. The molecule has 0 spiro atoms. The molecule has 7 nitrogen and oxygen atoms in total. The summed E-state index contributed by atoms with van der Waals surface area (Å²) in [7, 11) is 0. The van der Waals surface area contributed by atoms with Gasteiger partial charge in [-0.25, -0.2) is 9.78 Å². The summed E-state index contributed by atoms with van der Waals surface area (Å²) in [6.07, 6.45) is 5.29. The molecule has 1 aliphatic heterocycles. The molecule has 1 fully saturated rings. The molecule has 1 saturated heterocycles. The first kappa shape index (κ1) is 17.2. The van der Waals surface area contributed by atoms with E-state index in [4.69, 9.17) is 9.47 Å². The molecule has 7 heteroatoms. The zero-order valence-corrected chi connectivity index (χ0v) is 14.4. The highest BCUT2D eigenvalue weighted by atomic mass is 16.5. The lowest BCUT2D eigenvalue weighted by Gasteiger charge is -2.16. The average molecular weight is 342 g/mol. The van der Waals surface area contributed by atoms with Crippen molar-refractivity contribution < 1.29 is 14.3 Å². The first-order chi connectivity index (χ1) is 12.1. The fourth-order valence-electron chi connectivity index (χ4n) is 2.62. The largest absolute Gasteiger partial charge is 0.489 e. The molecule has 2 aromatic rings. The van der Waals surface area contributed by atoms with E-state index in [0.717, 1.165) is 25.0 Å². The van der Waals surface area contributed by atoms with E-state index in [9.17, 15) is 4.79 Å². The average Bonchev–Trinajstić information content (AvgIpc) is 3.10. The number of nitrogens with one attached hydrogen (secondary N) is 2. The molecule has 1 aromatic carbocycles. The van der Waals surface area contributed by atoms with Gasteiger partial charge < -0.3 is 14.8 Å². The summed E-state index contributed by atoms with van der Waals surface area (Å²) in [5.41, 5.74) is 2.28. The molecule has 0 saturated carbocycles. The Bertz CT molecular complexity index is 745. The maximum atomic E-state index is 12.3. The topological polar surface area (TPSA) is 85.4 Å². The van der Waals surface area contributed by atoms with Crippen molar-refractivity contribution in [3.63, 3.8) is 0 Å². The second kappa shape index (κ2) is 7.94. The third kappa shape index (κ3) is 4.67. The lowest BCUT2D eigenvalue weighted by Crippen LogP contribution is -2.22. The van der Waals surface area contributed by atoms with E-state index in [0.29, 0.717) is 29.6 Å². The van der Waals surface area contributed by atoms with Crippen LogP contribution in [0, 0.1) is 13.8 Å². The van der Waals surface area contributed by atoms with Crippen molar-refractivity contribution in [3.8, 4) is 5.75 Å². The molecule has 2 heterocycles. The third-order valence-corrected chi connectivity index (χ3v) is 3.95. The van der Waals surface area contributed by atoms with E-state index >= 15 is 0 Å². The quantitative estimate of drug-likeness (QED) is 0.871. The number of nitrogens with zero attached hydrogens (tertiary/aromatic N) is 2. The van der Waals surface area contributed by atoms with Gasteiger partial charge in [-0.05, 0) is 44.4 Å². The van der Waals surface area contributed by atoms with Crippen LogP contribution in [0.25, 0.3) is 0 Å². The summed E-state index contributed by atoms with van der Waals surface area (Å²) in [4.78, 5) is 20.5. The molecule has 2 amide bonds. The normalized spacial score (nSPS) is 16.5. The monoisotopic (exact) mass is 342 g/mol. The Kier molecular flexibility index (Phi) is 5.45. The lowest BCUT2D eigenvalue weighted by atomic mass is 10.2. The van der Waals surface area contributed by atoms with Gasteiger partial charge in [-0.15, -0.1) is 0 Å². The highest BCUT2D eigenvalue weighted by Crippen LogP contribution is 2.27. The van der Waals surface area contributed by atoms with E-state index in [-0.39, 0.29) is 6.10 Å². The molecule has 0 bridgehead atoms. The van der Waals surface area contributed by atoms with Crippen molar-refractivity contribution in [2.75, 3.05) is 23.8 Å². The number of rotatable bonds is 5. The van der Waals surface area contributed by atoms with Gasteiger partial charge in [0.2, 0.25) is 0 Å². The fourth-order valence-corrected chi connectivity index (χ4v) is 2.62. The van der Waals surface area contributed by atoms with Crippen LogP contribution in [-0.2, 0) is 4.74 Å². The van der Waals surface area contributed by atoms with Crippen molar-refractivity contribution in [1.82, 2.24) is 9.97 Å². The number of ether oxygens (including phenoxy) is 2. The maximum Gasteiger partial charge on any atom is 0.325 e. The predicted molar refractivity (Wildman–Crippen MR) is 95.1 cm³/mol. The van der Waals surface area contributed by atoms with Gasteiger partial charge >= 0.3 is 6.03 Å². The maximum absolute atomic E-state index is 12.3. The summed E-state index contributed by atoms with van der Waals surface area (Å²) in [5, 5.41) is 5.52. The third-order valence-electron chi connectivity index (χ3n) is 3.95. The summed E-state index contributed by atoms with van der Waals surface area (Å²) in [6.45, 7) is 5.00. The Morgan fingerprint density at radius 1 is 1.28 bits per heavy atom. The van der Waals surface area contributed by atoms with Gasteiger partial charge in [0, 0.05) is 19.0 Å². The van der Waals surface area contributed by atoms with Crippen molar-refractivity contribution >= 4 is 17.5 Å². The fraction of sp³-hybridized carbons (Fsp3) is 0.389. The summed E-state index contributed by atoms with van der Waals surface area (Å²) in [5.74, 6) is 1.04. The van der Waals surface area contributed by atoms with Crippen molar-refractivity contribution in [2.24, 2.45) is 0 Å². The predicted octanol–water partition coefficient (Wildman–Crippen LogP) is 3.30. The lowest BCUT2D eigenvalue weighted by molar-refractivity contribution is 0.0682. The molecule has 0 unspecified atom stereocenters. The molecular formula is C18H22N4O3. The van der Waals surface area contributed by atoms with Crippen LogP contribution < -0.4 is 15.4 Å². The number of urea groups is 1. The Labute approximate surface area is 146 Å². The first-order valence-corrected chi connectivity index (χ1v) is 8.32. The molecule has 1 aliphatic rings. The van der Waals surface area contributed by atoms with E-state index in [1.165, 1.54) is 6.20 Å². The van der Waals surface area contributed by atoms with E-state index < -0.39 is 6.03 Å². The van der Waals surface area contributed by atoms with E-state index in [2.05, 4.69) is 20.6 Å². The minimum Gasteiger partial charge on any atom is -0.489 e. The molecule has 1 aromatic heterocycles. The molecule has 132 valence electrons. The van der Waals surface area contributed by atoms with Crippen molar-refractivity contribution in [2.45, 2.75) is 32.8 Å². The van der Waals surface area contributed by atoms with Crippen LogP contribution in [0.3, 0.4) is 0 Å². The minimum atomic E-state index is -0.392.